The molecule has 0 saturated carbocycles. The Labute approximate surface area is 97.2 Å². The number of carboxylic acid groups (broad SMARTS) is 1. The number of hydrogen-bond donors (Lipinski definition) is 2. The van der Waals surface area contributed by atoms with Gasteiger partial charge < -0.3 is 9.84 Å². The molecule has 0 atom stereocenters. The lowest BCUT2D eigenvalue weighted by Crippen LogP contribution is -2.17. The van der Waals surface area contributed by atoms with E-state index in [0.29, 0.717) is 0 Å². The predicted octanol–water partition coefficient (Wildman–Crippen LogP) is 2.40. The smallest absolute Gasteiger partial charge is 0.411 e. The van der Waals surface area contributed by atoms with Crippen molar-refractivity contribution in [2.45, 2.75) is 13.8 Å². The van der Waals surface area contributed by atoms with Crippen molar-refractivity contribution in [3.8, 4) is 0 Å². The highest BCUT2D eigenvalue weighted by Crippen LogP contribution is 2.21. The Hall–Kier alpha value is -2.11. The number of carbonyl (C=O) groups excluding carboxylic acids is 1. The Morgan fingerprint density at radius 3 is 2.65 bits per heavy atom. The maximum Gasteiger partial charge on any atom is 0.411 e. The van der Waals surface area contributed by atoms with E-state index in [0.717, 1.165) is 12.1 Å². The monoisotopic (exact) mass is 241 g/mol. The van der Waals surface area contributed by atoms with Crippen molar-refractivity contribution >= 4 is 17.7 Å². The number of rotatable bonds is 3. The molecule has 0 aliphatic carbocycles. The van der Waals surface area contributed by atoms with Crippen molar-refractivity contribution in [3.63, 3.8) is 0 Å². The van der Waals surface area contributed by atoms with Gasteiger partial charge in [0, 0.05) is 0 Å². The number of aromatic carboxylic acids is 1. The van der Waals surface area contributed by atoms with Gasteiger partial charge in [-0.3, -0.25) is 5.32 Å². The molecule has 0 saturated heterocycles. The molecule has 1 amide bonds. The lowest BCUT2D eigenvalue weighted by Gasteiger charge is -2.10. The van der Waals surface area contributed by atoms with E-state index in [1.54, 1.807) is 6.92 Å². The van der Waals surface area contributed by atoms with Gasteiger partial charge in [-0.2, -0.15) is 0 Å². The first-order chi connectivity index (χ1) is 7.95. The summed E-state index contributed by atoms with van der Waals surface area (Å²) in [4.78, 5) is 22.1. The number of aryl methyl sites for hydroxylation is 1. The van der Waals surface area contributed by atoms with Crippen molar-refractivity contribution in [2.24, 2.45) is 0 Å². The van der Waals surface area contributed by atoms with Crippen LogP contribution in [0.15, 0.2) is 12.1 Å². The number of carboxylic acids is 1. The van der Waals surface area contributed by atoms with Gasteiger partial charge in [0.25, 0.3) is 0 Å². The lowest BCUT2D eigenvalue weighted by atomic mass is 10.1. The minimum atomic E-state index is -1.24. The van der Waals surface area contributed by atoms with Gasteiger partial charge in [0.2, 0.25) is 0 Å². The summed E-state index contributed by atoms with van der Waals surface area (Å²) in [5, 5.41) is 11.2. The normalized spacial score (nSPS) is 9.82. The number of hydrogen-bond acceptors (Lipinski definition) is 3. The molecule has 92 valence electrons. The number of anilines is 1. The van der Waals surface area contributed by atoms with E-state index in [2.05, 4.69) is 10.1 Å². The largest absolute Gasteiger partial charge is 0.478 e. The first-order valence-corrected chi connectivity index (χ1v) is 4.93. The minimum Gasteiger partial charge on any atom is -0.478 e. The molecular weight excluding hydrogens is 229 g/mol. The van der Waals surface area contributed by atoms with Gasteiger partial charge in [-0.1, -0.05) is 0 Å². The molecule has 0 aliphatic rings. The lowest BCUT2D eigenvalue weighted by molar-refractivity contribution is 0.0697. The van der Waals surface area contributed by atoms with Crippen molar-refractivity contribution in [2.75, 3.05) is 11.9 Å². The van der Waals surface area contributed by atoms with Crippen molar-refractivity contribution in [3.05, 3.63) is 29.1 Å². The van der Waals surface area contributed by atoms with Gasteiger partial charge in [-0.25, -0.2) is 14.0 Å². The van der Waals surface area contributed by atoms with E-state index in [1.165, 1.54) is 6.92 Å². The van der Waals surface area contributed by atoms with Gasteiger partial charge >= 0.3 is 12.1 Å². The second kappa shape index (κ2) is 5.29. The van der Waals surface area contributed by atoms with Crippen molar-refractivity contribution in [1.29, 1.82) is 0 Å². The Kier molecular flexibility index (Phi) is 4.03. The SMILES string of the molecule is CCOC(=O)Nc1cc(F)cc(C)c1C(=O)O. The summed E-state index contributed by atoms with van der Waals surface area (Å²) in [6.07, 6.45) is -0.819. The van der Waals surface area contributed by atoms with Crippen LogP contribution in [0.1, 0.15) is 22.8 Å². The standard InChI is InChI=1S/C11H12FNO4/c1-3-17-11(16)13-8-5-7(12)4-6(2)9(8)10(14)15/h4-5H,3H2,1-2H3,(H,13,16)(H,14,15). The van der Waals surface area contributed by atoms with Crippen LogP contribution in [0.3, 0.4) is 0 Å². The molecule has 5 nitrogen and oxygen atoms in total. The second-order valence-corrected chi connectivity index (χ2v) is 3.30. The zero-order valence-corrected chi connectivity index (χ0v) is 9.41. The Balaban J connectivity index is 3.12. The first-order valence-electron chi connectivity index (χ1n) is 4.93. The van der Waals surface area contributed by atoms with Crippen molar-refractivity contribution in [1.82, 2.24) is 0 Å². The van der Waals surface area contributed by atoms with E-state index in [1.807, 2.05) is 0 Å². The third-order valence-corrected chi connectivity index (χ3v) is 2.03. The number of halogens is 1. The maximum atomic E-state index is 13.1. The highest BCUT2D eigenvalue weighted by molar-refractivity contribution is 6.00. The van der Waals surface area contributed by atoms with E-state index in [4.69, 9.17) is 5.11 Å². The average molecular weight is 241 g/mol. The molecule has 17 heavy (non-hydrogen) atoms. The molecule has 0 radical (unpaired) electrons. The number of carbonyl (C=O) groups is 2. The van der Waals surface area contributed by atoms with E-state index < -0.39 is 17.9 Å². The molecule has 2 N–H and O–H groups in total. The molecule has 0 fully saturated rings. The number of amides is 1. The Morgan fingerprint density at radius 1 is 1.47 bits per heavy atom. The van der Waals surface area contributed by atoms with Crippen molar-refractivity contribution < 1.29 is 23.8 Å². The van der Waals surface area contributed by atoms with Crippen LogP contribution in [-0.2, 0) is 4.74 Å². The van der Waals surface area contributed by atoms with Crippen LogP contribution in [0.4, 0.5) is 14.9 Å². The quantitative estimate of drug-likeness (QED) is 0.851. The van der Waals surface area contributed by atoms with Crippen LogP contribution >= 0.6 is 0 Å². The first kappa shape index (κ1) is 13.0. The predicted molar refractivity (Wildman–Crippen MR) is 58.7 cm³/mol. The molecule has 0 unspecified atom stereocenters. The molecule has 1 rings (SSSR count). The topological polar surface area (TPSA) is 75.6 Å². The Bertz CT molecular complexity index is 459. The average Bonchev–Trinajstić information content (AvgIpc) is 2.15. The van der Waals surface area contributed by atoms with E-state index in [9.17, 15) is 14.0 Å². The summed E-state index contributed by atoms with van der Waals surface area (Å²) >= 11 is 0. The summed E-state index contributed by atoms with van der Waals surface area (Å²) in [6, 6.07) is 2.02. The Morgan fingerprint density at radius 2 is 2.12 bits per heavy atom. The number of benzene rings is 1. The van der Waals surface area contributed by atoms with Crippen LogP contribution in [-0.4, -0.2) is 23.8 Å². The third kappa shape index (κ3) is 3.17. The summed E-state index contributed by atoms with van der Waals surface area (Å²) in [7, 11) is 0. The highest BCUT2D eigenvalue weighted by atomic mass is 19.1. The molecule has 0 aliphatic heterocycles. The van der Waals surface area contributed by atoms with Gasteiger partial charge in [-0.15, -0.1) is 0 Å². The second-order valence-electron chi connectivity index (χ2n) is 3.30. The van der Waals surface area contributed by atoms with Crippen LogP contribution < -0.4 is 5.32 Å². The van der Waals surface area contributed by atoms with E-state index >= 15 is 0 Å². The summed E-state index contributed by atoms with van der Waals surface area (Å²) < 4.78 is 17.7. The minimum absolute atomic E-state index is 0.117. The zero-order valence-electron chi connectivity index (χ0n) is 9.41. The molecule has 0 spiro atoms. The summed E-state index contributed by atoms with van der Waals surface area (Å²) in [6.45, 7) is 3.19. The molecule has 0 aromatic heterocycles. The summed E-state index contributed by atoms with van der Waals surface area (Å²) in [5.41, 5.74) is -0.0443. The van der Waals surface area contributed by atoms with Crippen LogP contribution in [0, 0.1) is 12.7 Å². The fraction of sp³-hybridized carbons (Fsp3) is 0.273. The fourth-order valence-electron chi connectivity index (χ4n) is 1.40. The van der Waals surface area contributed by atoms with Gasteiger partial charge in [0.15, 0.2) is 0 Å². The van der Waals surface area contributed by atoms with Crippen LogP contribution in [0.5, 0.6) is 0 Å². The van der Waals surface area contributed by atoms with Crippen LogP contribution in [0.2, 0.25) is 0 Å². The molecular formula is C11H12FNO4. The molecule has 0 bridgehead atoms. The van der Waals surface area contributed by atoms with Gasteiger partial charge in [-0.05, 0) is 31.5 Å². The van der Waals surface area contributed by atoms with Crippen LogP contribution in [0.25, 0.3) is 0 Å². The number of ether oxygens (including phenoxy) is 1. The maximum absolute atomic E-state index is 13.1. The number of nitrogens with one attached hydrogen (secondary N) is 1. The summed E-state index contributed by atoms with van der Waals surface area (Å²) in [5.74, 6) is -1.87. The third-order valence-electron chi connectivity index (χ3n) is 2.03. The molecule has 6 heteroatoms. The zero-order chi connectivity index (χ0) is 13.0. The highest BCUT2D eigenvalue weighted by Gasteiger charge is 2.17. The van der Waals surface area contributed by atoms with Gasteiger partial charge in [0.05, 0.1) is 17.9 Å². The molecule has 1 aromatic rings. The van der Waals surface area contributed by atoms with E-state index in [-0.39, 0.29) is 23.4 Å². The fourth-order valence-corrected chi connectivity index (χ4v) is 1.40. The molecule has 0 heterocycles. The molecule has 1 aromatic carbocycles. The van der Waals surface area contributed by atoms with Gasteiger partial charge in [0.1, 0.15) is 5.82 Å².